The van der Waals surface area contributed by atoms with Crippen LogP contribution in [0.5, 0.6) is 0 Å². The highest BCUT2D eigenvalue weighted by atomic mass is 32.2. The average molecular weight is 590 g/mol. The first-order chi connectivity index (χ1) is 19.6. The van der Waals surface area contributed by atoms with E-state index in [2.05, 4.69) is 27.2 Å². The number of methoxy groups -OCH3 is 1. The Morgan fingerprint density at radius 2 is 1.57 bits per heavy atom. The first-order valence-corrected chi connectivity index (χ1v) is 15.9. The molecule has 2 aliphatic heterocycles. The van der Waals surface area contributed by atoms with Crippen molar-refractivity contribution in [3.05, 3.63) is 0 Å². The summed E-state index contributed by atoms with van der Waals surface area (Å²) < 4.78 is 26.1. The number of amides is 3. The number of hydrogen-bond acceptors (Lipinski definition) is 9. The van der Waals surface area contributed by atoms with Crippen LogP contribution in [-0.4, -0.2) is 119 Å². The van der Waals surface area contributed by atoms with Crippen LogP contribution in [0.1, 0.15) is 64.7 Å². The van der Waals surface area contributed by atoms with Crippen LogP contribution in [0.4, 0.5) is 4.79 Å². The minimum atomic E-state index is -0.288. The molecule has 3 atom stereocenters. The highest BCUT2D eigenvalue weighted by molar-refractivity contribution is 8.00. The summed E-state index contributed by atoms with van der Waals surface area (Å²) in [6.45, 7) is 7.03. The highest BCUT2D eigenvalue weighted by Crippen LogP contribution is 2.37. The number of nitrogens with zero attached hydrogens (tertiary/aromatic N) is 1. The lowest BCUT2D eigenvalue weighted by Gasteiger charge is -2.27. The van der Waals surface area contributed by atoms with E-state index in [1.165, 1.54) is 26.4 Å². The van der Waals surface area contributed by atoms with Crippen molar-refractivity contribution in [1.29, 1.82) is 0 Å². The van der Waals surface area contributed by atoms with Crippen molar-refractivity contribution >= 4 is 29.7 Å². The molecule has 0 bridgehead atoms. The number of esters is 1. The van der Waals surface area contributed by atoms with E-state index in [1.807, 2.05) is 11.8 Å². The van der Waals surface area contributed by atoms with Gasteiger partial charge in [-0.25, -0.2) is 4.79 Å². The summed E-state index contributed by atoms with van der Waals surface area (Å²) in [5.74, 6) is 0.754. The molecular weight excluding hydrogens is 538 g/mol. The molecule has 0 radical (unpaired) electrons. The Morgan fingerprint density at radius 3 is 2.25 bits per heavy atom. The molecule has 0 aromatic carbocycles. The van der Waals surface area contributed by atoms with Crippen molar-refractivity contribution in [1.82, 2.24) is 15.5 Å². The molecule has 12 heteroatoms. The molecule has 0 aliphatic carbocycles. The third-order valence-electron chi connectivity index (χ3n) is 6.97. The molecule has 3 amide bonds. The summed E-state index contributed by atoms with van der Waals surface area (Å²) >= 11 is 1.97. The number of hydrogen-bond donors (Lipinski definition) is 2. The first-order valence-electron chi connectivity index (χ1n) is 14.9. The van der Waals surface area contributed by atoms with Gasteiger partial charge in [0, 0.05) is 30.5 Å². The fraction of sp³-hybridized carbons (Fsp3) is 0.893. The standard InChI is InChI=1S/C28H51N3O8S/c1-3-4-5-8-13-31-27-23(30-28(31)34)22-40-24(27)9-6-7-10-25(32)29-12-15-37-17-19-39-21-20-38-18-16-36-14-11-26(33)35-2/h23-24,27H,3-22H2,1-2H3,(H,29,32)(H,30,34)/t23-,24-,27-/m0/s1. The molecule has 0 spiro atoms. The Morgan fingerprint density at radius 1 is 0.900 bits per heavy atom. The quantitative estimate of drug-likeness (QED) is 0.0940. The normalized spacial score (nSPS) is 20.0. The van der Waals surface area contributed by atoms with Crippen LogP contribution in [0.2, 0.25) is 0 Å². The van der Waals surface area contributed by atoms with Crippen molar-refractivity contribution in [2.75, 3.05) is 78.8 Å². The summed E-state index contributed by atoms with van der Waals surface area (Å²) in [5.41, 5.74) is 0. The van der Waals surface area contributed by atoms with Gasteiger partial charge in [-0.15, -0.1) is 0 Å². The van der Waals surface area contributed by atoms with Crippen LogP contribution in [-0.2, 0) is 33.3 Å². The number of unbranched alkanes of at least 4 members (excludes halogenated alkanes) is 4. The Hall–Kier alpha value is -1.60. The summed E-state index contributed by atoms with van der Waals surface area (Å²) in [4.78, 5) is 37.6. The number of fused-ring (bicyclic) bond motifs is 1. The largest absolute Gasteiger partial charge is 0.469 e. The third kappa shape index (κ3) is 14.3. The van der Waals surface area contributed by atoms with Crippen LogP contribution >= 0.6 is 11.8 Å². The fourth-order valence-corrected chi connectivity index (χ4v) is 6.42. The Balaban J connectivity index is 1.37. The van der Waals surface area contributed by atoms with Gasteiger partial charge in [0.25, 0.3) is 0 Å². The minimum absolute atomic E-state index is 0.0542. The van der Waals surface area contributed by atoms with Gasteiger partial charge in [0.1, 0.15) is 0 Å². The summed E-state index contributed by atoms with van der Waals surface area (Å²) in [7, 11) is 1.35. The second-order valence-electron chi connectivity index (χ2n) is 10.0. The fourth-order valence-electron chi connectivity index (χ4n) is 4.82. The molecule has 2 fully saturated rings. The predicted molar refractivity (Wildman–Crippen MR) is 155 cm³/mol. The lowest BCUT2D eigenvalue weighted by molar-refractivity contribution is -0.142. The van der Waals surface area contributed by atoms with Crippen LogP contribution in [0.3, 0.4) is 0 Å². The maximum Gasteiger partial charge on any atom is 0.318 e. The smallest absolute Gasteiger partial charge is 0.318 e. The van der Waals surface area contributed by atoms with Gasteiger partial charge in [-0.1, -0.05) is 32.6 Å². The van der Waals surface area contributed by atoms with Crippen molar-refractivity contribution in [3.63, 3.8) is 0 Å². The van der Waals surface area contributed by atoms with Gasteiger partial charge < -0.3 is 39.2 Å². The molecule has 0 unspecified atom stereocenters. The van der Waals surface area contributed by atoms with Crippen molar-refractivity contribution in [2.24, 2.45) is 0 Å². The Bertz CT molecular complexity index is 717. The zero-order chi connectivity index (χ0) is 28.8. The predicted octanol–water partition coefficient (Wildman–Crippen LogP) is 2.75. The lowest BCUT2D eigenvalue weighted by Crippen LogP contribution is -2.41. The summed E-state index contributed by atoms with van der Waals surface area (Å²) in [6, 6.07) is 0.671. The molecule has 2 aliphatic rings. The Kier molecular flexibility index (Phi) is 19.1. The molecule has 232 valence electrons. The van der Waals surface area contributed by atoms with Gasteiger partial charge >= 0.3 is 12.0 Å². The number of urea groups is 1. The van der Waals surface area contributed by atoms with E-state index in [0.717, 1.165) is 38.0 Å². The van der Waals surface area contributed by atoms with Gasteiger partial charge in [0.2, 0.25) is 5.91 Å². The molecule has 2 heterocycles. The first kappa shape index (κ1) is 34.6. The number of thioether (sulfide) groups is 1. The van der Waals surface area contributed by atoms with E-state index in [-0.39, 0.29) is 30.4 Å². The number of nitrogens with one attached hydrogen (secondary N) is 2. The van der Waals surface area contributed by atoms with Crippen LogP contribution in [0, 0.1) is 0 Å². The maximum atomic E-state index is 12.4. The van der Waals surface area contributed by atoms with Crippen molar-refractivity contribution in [2.45, 2.75) is 82.0 Å². The molecule has 40 heavy (non-hydrogen) atoms. The number of rotatable bonds is 25. The zero-order valence-corrected chi connectivity index (χ0v) is 25.3. The van der Waals surface area contributed by atoms with Crippen molar-refractivity contribution in [3.8, 4) is 0 Å². The van der Waals surface area contributed by atoms with E-state index < -0.39 is 0 Å². The summed E-state index contributed by atoms with van der Waals surface area (Å²) in [6.07, 6.45) is 8.32. The monoisotopic (exact) mass is 589 g/mol. The average Bonchev–Trinajstić information content (AvgIpc) is 3.48. The molecule has 0 saturated carbocycles. The second kappa shape index (κ2) is 22.1. The molecule has 0 aromatic heterocycles. The van der Waals surface area contributed by atoms with Crippen LogP contribution in [0.25, 0.3) is 0 Å². The minimum Gasteiger partial charge on any atom is -0.469 e. The van der Waals surface area contributed by atoms with Gasteiger partial charge in [-0.05, 0) is 19.3 Å². The molecule has 0 aromatic rings. The third-order valence-corrected chi connectivity index (χ3v) is 8.46. The summed E-state index contributed by atoms with van der Waals surface area (Å²) in [5, 5.41) is 6.54. The van der Waals surface area contributed by atoms with Gasteiger partial charge in [-0.3, -0.25) is 9.59 Å². The van der Waals surface area contributed by atoms with Crippen LogP contribution in [0.15, 0.2) is 0 Å². The lowest BCUT2D eigenvalue weighted by atomic mass is 10.0. The molecule has 2 rings (SSSR count). The zero-order valence-electron chi connectivity index (χ0n) is 24.5. The van der Waals surface area contributed by atoms with E-state index in [0.29, 0.717) is 77.1 Å². The second-order valence-corrected chi connectivity index (χ2v) is 11.3. The molecule has 11 nitrogen and oxygen atoms in total. The van der Waals surface area contributed by atoms with Crippen molar-refractivity contribution < 1.29 is 38.1 Å². The topological polar surface area (TPSA) is 125 Å². The number of carbonyl (C=O) groups is 3. The SMILES string of the molecule is CCCCCCN1C(=O)N[C@H]2CS[C@@H](CCCCC(=O)NCCOCCOCCOCCOCCC(=O)OC)[C@H]21. The molecule has 2 saturated heterocycles. The van der Waals surface area contributed by atoms with Crippen LogP contribution < -0.4 is 10.6 Å². The van der Waals surface area contributed by atoms with E-state index in [9.17, 15) is 14.4 Å². The van der Waals surface area contributed by atoms with E-state index >= 15 is 0 Å². The van der Waals surface area contributed by atoms with Gasteiger partial charge in [0.15, 0.2) is 0 Å². The van der Waals surface area contributed by atoms with E-state index in [4.69, 9.17) is 18.9 Å². The number of carbonyl (C=O) groups excluding carboxylic acids is 3. The number of ether oxygens (including phenoxy) is 5. The highest BCUT2D eigenvalue weighted by Gasteiger charge is 2.47. The van der Waals surface area contributed by atoms with Gasteiger partial charge in [0.05, 0.1) is 78.5 Å². The molecule has 2 N–H and O–H groups in total. The van der Waals surface area contributed by atoms with E-state index in [1.54, 1.807) is 0 Å². The Labute approximate surface area is 244 Å². The maximum absolute atomic E-state index is 12.4. The molecular formula is C28H51N3O8S. The van der Waals surface area contributed by atoms with Gasteiger partial charge in [-0.2, -0.15) is 11.8 Å².